The Morgan fingerprint density at radius 1 is 1.60 bits per heavy atom. The highest BCUT2D eigenvalue weighted by Gasteiger charge is 2.10. The second-order valence-electron chi connectivity index (χ2n) is 2.69. The average Bonchev–Trinajstić information content (AvgIpc) is 2.54. The van der Waals surface area contributed by atoms with Gasteiger partial charge in [0.05, 0.1) is 5.75 Å². The van der Waals surface area contributed by atoms with Crippen molar-refractivity contribution in [3.05, 3.63) is 5.82 Å². The molecule has 15 heavy (non-hydrogen) atoms. The van der Waals surface area contributed by atoms with E-state index in [-0.39, 0.29) is 5.75 Å². The molecular formula is C7H12N4O2S2. The normalized spacial score (nSPS) is 10.5. The van der Waals surface area contributed by atoms with Gasteiger partial charge in [-0.25, -0.2) is 4.68 Å². The van der Waals surface area contributed by atoms with Gasteiger partial charge < -0.3 is 10.9 Å². The maximum Gasteiger partial charge on any atom is 0.313 e. The van der Waals surface area contributed by atoms with E-state index in [0.29, 0.717) is 11.0 Å². The molecule has 1 aromatic heterocycles. The summed E-state index contributed by atoms with van der Waals surface area (Å²) in [5.74, 6) is 6.34. The number of carboxylic acids is 1. The van der Waals surface area contributed by atoms with Gasteiger partial charge in [-0.3, -0.25) is 4.79 Å². The lowest BCUT2D eigenvalue weighted by molar-refractivity contribution is -0.133. The number of aliphatic carboxylic acids is 1. The summed E-state index contributed by atoms with van der Waals surface area (Å²) in [4.78, 5) is 10.3. The quantitative estimate of drug-likeness (QED) is 0.543. The van der Waals surface area contributed by atoms with Gasteiger partial charge in [-0.2, -0.15) is 11.8 Å². The van der Waals surface area contributed by atoms with Gasteiger partial charge in [0.15, 0.2) is 5.82 Å². The molecule has 0 aliphatic rings. The second-order valence-corrected chi connectivity index (χ2v) is 4.62. The monoisotopic (exact) mass is 248 g/mol. The molecule has 0 aliphatic carbocycles. The molecule has 6 nitrogen and oxygen atoms in total. The fourth-order valence-corrected chi connectivity index (χ4v) is 1.88. The van der Waals surface area contributed by atoms with Gasteiger partial charge in [-0.15, -0.1) is 10.2 Å². The smallest absolute Gasteiger partial charge is 0.313 e. The van der Waals surface area contributed by atoms with Crippen LogP contribution in [0.15, 0.2) is 5.16 Å². The van der Waals surface area contributed by atoms with Crippen LogP contribution in [0.5, 0.6) is 0 Å². The van der Waals surface area contributed by atoms with Crippen molar-refractivity contribution < 1.29 is 9.90 Å². The summed E-state index contributed by atoms with van der Waals surface area (Å²) in [7, 11) is 0. The van der Waals surface area contributed by atoms with Crippen molar-refractivity contribution in [1.29, 1.82) is 0 Å². The van der Waals surface area contributed by atoms with Gasteiger partial charge >= 0.3 is 5.97 Å². The number of aryl methyl sites for hydroxylation is 1. The Morgan fingerprint density at radius 3 is 2.93 bits per heavy atom. The molecule has 0 spiro atoms. The number of nitrogen functional groups attached to an aromatic ring is 1. The van der Waals surface area contributed by atoms with Crippen molar-refractivity contribution in [3.8, 4) is 0 Å². The molecule has 0 radical (unpaired) electrons. The summed E-state index contributed by atoms with van der Waals surface area (Å²) in [5.41, 5.74) is 0. The first-order chi connectivity index (χ1) is 7.15. The Hall–Kier alpha value is -0.890. The third-order valence-corrected chi connectivity index (χ3v) is 3.13. The third kappa shape index (κ3) is 3.63. The summed E-state index contributed by atoms with van der Waals surface area (Å²) in [5, 5.41) is 16.6. The average molecular weight is 248 g/mol. The van der Waals surface area contributed by atoms with Crippen LogP contribution in [0.25, 0.3) is 0 Å². The van der Waals surface area contributed by atoms with Crippen molar-refractivity contribution in [3.63, 3.8) is 0 Å². The van der Waals surface area contributed by atoms with Crippen LogP contribution in [0, 0.1) is 0 Å². The summed E-state index contributed by atoms with van der Waals surface area (Å²) >= 11 is 2.76. The number of thioether (sulfide) groups is 2. The van der Waals surface area contributed by atoms with Crippen LogP contribution < -0.4 is 5.84 Å². The molecule has 0 saturated heterocycles. The van der Waals surface area contributed by atoms with Crippen LogP contribution in [0.4, 0.5) is 0 Å². The van der Waals surface area contributed by atoms with Gasteiger partial charge in [-0.05, 0) is 6.26 Å². The van der Waals surface area contributed by atoms with E-state index in [0.717, 1.165) is 23.9 Å². The number of nitrogens with two attached hydrogens (primary N) is 1. The van der Waals surface area contributed by atoms with E-state index in [1.54, 1.807) is 11.8 Å². The standard InChI is InChI=1S/C7H12N4O2S2/c1-14-3-2-5-9-10-7(11(5)8)15-4-6(12)13/h2-4,8H2,1H3,(H,12,13). The third-order valence-electron chi connectivity index (χ3n) is 1.59. The molecule has 0 saturated carbocycles. The molecule has 0 amide bonds. The summed E-state index contributed by atoms with van der Waals surface area (Å²) < 4.78 is 1.35. The molecule has 0 aliphatic heterocycles. The van der Waals surface area contributed by atoms with E-state index in [1.165, 1.54) is 4.68 Å². The van der Waals surface area contributed by atoms with Crippen molar-refractivity contribution in [2.45, 2.75) is 11.6 Å². The van der Waals surface area contributed by atoms with Crippen LogP contribution >= 0.6 is 23.5 Å². The Balaban J connectivity index is 2.58. The molecule has 1 heterocycles. The molecule has 84 valence electrons. The Kier molecular flexibility index (Phi) is 4.76. The van der Waals surface area contributed by atoms with E-state index >= 15 is 0 Å². The highest BCUT2D eigenvalue weighted by Crippen LogP contribution is 2.14. The van der Waals surface area contributed by atoms with Crippen molar-refractivity contribution in [2.24, 2.45) is 0 Å². The predicted molar refractivity (Wildman–Crippen MR) is 60.6 cm³/mol. The Labute approximate surface area is 95.6 Å². The molecule has 1 rings (SSSR count). The van der Waals surface area contributed by atoms with Crippen LogP contribution in [0.1, 0.15) is 5.82 Å². The molecule has 0 aromatic carbocycles. The van der Waals surface area contributed by atoms with Gasteiger partial charge in [0.25, 0.3) is 0 Å². The number of carboxylic acid groups (broad SMARTS) is 1. The van der Waals surface area contributed by atoms with E-state index in [4.69, 9.17) is 10.9 Å². The molecule has 0 fully saturated rings. The van der Waals surface area contributed by atoms with Crippen LogP contribution in [-0.2, 0) is 11.2 Å². The largest absolute Gasteiger partial charge is 0.481 e. The minimum absolute atomic E-state index is 0.0577. The van der Waals surface area contributed by atoms with Gasteiger partial charge in [0, 0.05) is 12.2 Å². The number of rotatable bonds is 6. The first-order valence-corrected chi connectivity index (χ1v) is 6.56. The van der Waals surface area contributed by atoms with Crippen LogP contribution in [0.2, 0.25) is 0 Å². The second kappa shape index (κ2) is 5.86. The Bertz CT molecular complexity index is 342. The highest BCUT2D eigenvalue weighted by atomic mass is 32.2. The van der Waals surface area contributed by atoms with E-state index in [2.05, 4.69) is 10.2 Å². The lowest BCUT2D eigenvalue weighted by atomic mass is 10.5. The molecule has 8 heteroatoms. The lowest BCUT2D eigenvalue weighted by Gasteiger charge is -2.01. The number of hydrogen-bond acceptors (Lipinski definition) is 6. The fourth-order valence-electron chi connectivity index (χ4n) is 0.896. The minimum atomic E-state index is -0.895. The van der Waals surface area contributed by atoms with Crippen molar-refractivity contribution in [1.82, 2.24) is 14.9 Å². The SMILES string of the molecule is CSCCc1nnc(SCC(=O)O)n1N. The van der Waals surface area contributed by atoms with Gasteiger partial charge in [0.1, 0.15) is 0 Å². The molecule has 1 aromatic rings. The molecule has 3 N–H and O–H groups in total. The number of carbonyl (C=O) groups is 1. The number of aromatic nitrogens is 3. The van der Waals surface area contributed by atoms with Gasteiger partial charge in [-0.1, -0.05) is 11.8 Å². The molecule has 0 unspecified atom stereocenters. The lowest BCUT2D eigenvalue weighted by Crippen LogP contribution is -2.15. The predicted octanol–water partition coefficient (Wildman–Crippen LogP) is 0.0741. The number of hydrogen-bond donors (Lipinski definition) is 2. The summed E-state index contributed by atoms with van der Waals surface area (Å²) in [6.45, 7) is 0. The minimum Gasteiger partial charge on any atom is -0.481 e. The maximum atomic E-state index is 10.3. The molecule has 0 atom stereocenters. The zero-order valence-electron chi connectivity index (χ0n) is 8.21. The molecular weight excluding hydrogens is 236 g/mol. The van der Waals surface area contributed by atoms with E-state index < -0.39 is 5.97 Å². The van der Waals surface area contributed by atoms with Crippen LogP contribution in [0.3, 0.4) is 0 Å². The van der Waals surface area contributed by atoms with Crippen molar-refractivity contribution >= 4 is 29.5 Å². The van der Waals surface area contributed by atoms with Crippen LogP contribution in [-0.4, -0.2) is 43.7 Å². The molecule has 0 bridgehead atoms. The van der Waals surface area contributed by atoms with E-state index in [9.17, 15) is 4.79 Å². The fraction of sp³-hybridized carbons (Fsp3) is 0.571. The van der Waals surface area contributed by atoms with E-state index in [1.807, 2.05) is 6.26 Å². The Morgan fingerprint density at radius 2 is 2.33 bits per heavy atom. The summed E-state index contributed by atoms with van der Waals surface area (Å²) in [6.07, 6.45) is 2.73. The highest BCUT2D eigenvalue weighted by molar-refractivity contribution is 7.99. The van der Waals surface area contributed by atoms with Gasteiger partial charge in [0.2, 0.25) is 5.16 Å². The zero-order valence-corrected chi connectivity index (χ0v) is 9.85. The maximum absolute atomic E-state index is 10.3. The first-order valence-electron chi connectivity index (χ1n) is 4.18. The topological polar surface area (TPSA) is 94.0 Å². The number of nitrogens with zero attached hydrogens (tertiary/aromatic N) is 3. The summed E-state index contributed by atoms with van der Waals surface area (Å²) in [6, 6.07) is 0. The van der Waals surface area contributed by atoms with Crippen molar-refractivity contribution in [2.75, 3.05) is 23.6 Å². The first kappa shape index (κ1) is 12.2. The zero-order chi connectivity index (χ0) is 11.3.